The van der Waals surface area contributed by atoms with E-state index in [1.807, 2.05) is 0 Å². The fraction of sp³-hybridized carbons (Fsp3) is 0.500. The van der Waals surface area contributed by atoms with Gasteiger partial charge in [-0.15, -0.1) is 0 Å². The summed E-state index contributed by atoms with van der Waals surface area (Å²) in [6.07, 6.45) is 3.97. The van der Waals surface area contributed by atoms with Crippen LogP contribution in [-0.4, -0.2) is 16.6 Å². The third kappa shape index (κ3) is 1.84. The lowest BCUT2D eigenvalue weighted by atomic mass is 10.5. The van der Waals surface area contributed by atoms with E-state index in [1.54, 1.807) is 6.07 Å². The van der Waals surface area contributed by atoms with Gasteiger partial charge in [0, 0.05) is 6.07 Å². The number of nitrogens with zero attached hydrogens (tertiary/aromatic N) is 2. The van der Waals surface area contributed by atoms with Crippen molar-refractivity contribution in [3.05, 3.63) is 12.4 Å². The first-order chi connectivity index (χ1) is 5.84. The van der Waals surface area contributed by atoms with E-state index in [0.717, 1.165) is 12.5 Å². The predicted molar refractivity (Wildman–Crippen MR) is 44.7 cm³/mol. The summed E-state index contributed by atoms with van der Waals surface area (Å²) in [6.45, 7) is 0.760. The van der Waals surface area contributed by atoms with Gasteiger partial charge in [-0.3, -0.25) is 0 Å². The fourth-order valence-corrected chi connectivity index (χ4v) is 0.920. The van der Waals surface area contributed by atoms with Crippen LogP contribution >= 0.6 is 0 Å². The van der Waals surface area contributed by atoms with Crippen LogP contribution < -0.4 is 10.5 Å². The van der Waals surface area contributed by atoms with Gasteiger partial charge in [0.05, 0.1) is 6.61 Å². The Balaban J connectivity index is 1.92. The number of ether oxygens (including phenoxy) is 1. The van der Waals surface area contributed by atoms with Crippen molar-refractivity contribution in [3.63, 3.8) is 0 Å². The average Bonchev–Trinajstić information content (AvgIpc) is 2.84. The minimum atomic E-state index is 0.454. The van der Waals surface area contributed by atoms with Crippen molar-refractivity contribution < 1.29 is 4.74 Å². The maximum Gasteiger partial charge on any atom is 0.218 e. The van der Waals surface area contributed by atoms with E-state index in [1.165, 1.54) is 19.2 Å². The number of nitrogens with two attached hydrogens (primary N) is 1. The van der Waals surface area contributed by atoms with Crippen LogP contribution in [0.15, 0.2) is 12.4 Å². The van der Waals surface area contributed by atoms with Gasteiger partial charge in [-0.25, -0.2) is 9.97 Å². The zero-order valence-corrected chi connectivity index (χ0v) is 6.73. The Kier molecular flexibility index (Phi) is 1.81. The normalized spacial score (nSPS) is 16.0. The number of rotatable bonds is 3. The zero-order chi connectivity index (χ0) is 8.39. The van der Waals surface area contributed by atoms with Gasteiger partial charge in [-0.05, 0) is 18.8 Å². The standard InChI is InChI=1S/C8H11N3O/c9-7-3-8(11-5-10-7)12-4-6-1-2-6/h3,5-6H,1-2,4H2,(H2,9,10,11). The average molecular weight is 165 g/mol. The summed E-state index contributed by atoms with van der Waals surface area (Å²) < 4.78 is 5.38. The van der Waals surface area contributed by atoms with E-state index in [4.69, 9.17) is 10.5 Å². The minimum absolute atomic E-state index is 0.454. The number of hydrogen-bond donors (Lipinski definition) is 1. The molecule has 2 rings (SSSR count). The monoisotopic (exact) mass is 165 g/mol. The second-order valence-corrected chi connectivity index (χ2v) is 3.04. The minimum Gasteiger partial charge on any atom is -0.477 e. The first-order valence-electron chi connectivity index (χ1n) is 4.05. The van der Waals surface area contributed by atoms with Gasteiger partial charge in [0.2, 0.25) is 5.88 Å². The molecule has 64 valence electrons. The van der Waals surface area contributed by atoms with Crippen molar-refractivity contribution in [2.24, 2.45) is 5.92 Å². The number of hydrogen-bond acceptors (Lipinski definition) is 4. The molecule has 4 nitrogen and oxygen atoms in total. The van der Waals surface area contributed by atoms with E-state index in [0.29, 0.717) is 11.7 Å². The Labute approximate surface area is 70.8 Å². The summed E-state index contributed by atoms with van der Waals surface area (Å²) in [5.74, 6) is 1.77. The maximum atomic E-state index is 5.45. The SMILES string of the molecule is Nc1cc(OCC2CC2)ncn1. The van der Waals surface area contributed by atoms with Gasteiger partial charge in [-0.1, -0.05) is 0 Å². The lowest BCUT2D eigenvalue weighted by molar-refractivity contribution is 0.288. The molecule has 12 heavy (non-hydrogen) atoms. The smallest absolute Gasteiger partial charge is 0.218 e. The van der Waals surface area contributed by atoms with Crippen molar-refractivity contribution in [1.29, 1.82) is 0 Å². The van der Waals surface area contributed by atoms with Crippen LogP contribution in [0.5, 0.6) is 5.88 Å². The highest BCUT2D eigenvalue weighted by molar-refractivity contribution is 5.30. The molecule has 0 saturated heterocycles. The number of nitrogen functional groups attached to an aromatic ring is 1. The Morgan fingerprint density at radius 1 is 1.50 bits per heavy atom. The quantitative estimate of drug-likeness (QED) is 0.721. The van der Waals surface area contributed by atoms with Crippen molar-refractivity contribution in [1.82, 2.24) is 9.97 Å². The molecular formula is C8H11N3O. The molecule has 1 aromatic heterocycles. The largest absolute Gasteiger partial charge is 0.477 e. The van der Waals surface area contributed by atoms with Crippen LogP contribution in [0.2, 0.25) is 0 Å². The molecule has 0 bridgehead atoms. The molecule has 4 heteroatoms. The molecule has 1 aliphatic carbocycles. The summed E-state index contributed by atoms with van der Waals surface area (Å²) in [6, 6.07) is 1.64. The molecule has 1 aliphatic rings. The van der Waals surface area contributed by atoms with E-state index >= 15 is 0 Å². The van der Waals surface area contributed by atoms with Crippen LogP contribution in [0.3, 0.4) is 0 Å². The van der Waals surface area contributed by atoms with E-state index in [-0.39, 0.29) is 0 Å². The number of anilines is 1. The molecule has 0 amide bonds. The lowest BCUT2D eigenvalue weighted by Crippen LogP contribution is -2.01. The van der Waals surface area contributed by atoms with E-state index in [2.05, 4.69) is 9.97 Å². The summed E-state index contributed by atoms with van der Waals surface area (Å²) in [5.41, 5.74) is 5.45. The molecule has 1 aromatic rings. The predicted octanol–water partition coefficient (Wildman–Crippen LogP) is 0.848. The topological polar surface area (TPSA) is 61.0 Å². The zero-order valence-electron chi connectivity index (χ0n) is 6.73. The molecule has 0 radical (unpaired) electrons. The Bertz CT molecular complexity index is 273. The first-order valence-corrected chi connectivity index (χ1v) is 4.05. The molecule has 1 saturated carbocycles. The van der Waals surface area contributed by atoms with Gasteiger partial charge >= 0.3 is 0 Å². The van der Waals surface area contributed by atoms with E-state index < -0.39 is 0 Å². The highest BCUT2D eigenvalue weighted by Crippen LogP contribution is 2.29. The Hall–Kier alpha value is -1.32. The van der Waals surface area contributed by atoms with Crippen LogP contribution in [0, 0.1) is 5.92 Å². The Morgan fingerprint density at radius 2 is 2.33 bits per heavy atom. The van der Waals surface area contributed by atoms with Crippen molar-refractivity contribution in [2.75, 3.05) is 12.3 Å². The summed E-state index contributed by atoms with van der Waals surface area (Å²) in [5, 5.41) is 0. The van der Waals surface area contributed by atoms with Gasteiger partial charge < -0.3 is 10.5 Å². The molecule has 0 spiro atoms. The summed E-state index contributed by atoms with van der Waals surface area (Å²) >= 11 is 0. The second kappa shape index (κ2) is 2.97. The molecule has 1 heterocycles. The van der Waals surface area contributed by atoms with Crippen molar-refractivity contribution in [3.8, 4) is 5.88 Å². The highest BCUT2D eigenvalue weighted by atomic mass is 16.5. The molecule has 1 fully saturated rings. The first kappa shape index (κ1) is 7.34. The summed E-state index contributed by atoms with van der Waals surface area (Å²) in [7, 11) is 0. The van der Waals surface area contributed by atoms with Gasteiger partial charge in [0.1, 0.15) is 12.1 Å². The third-order valence-electron chi connectivity index (χ3n) is 1.83. The van der Waals surface area contributed by atoms with Gasteiger partial charge in [0.25, 0.3) is 0 Å². The molecule has 0 atom stereocenters. The summed E-state index contributed by atoms with van der Waals surface area (Å²) in [4.78, 5) is 7.70. The Morgan fingerprint density at radius 3 is 3.00 bits per heavy atom. The lowest BCUT2D eigenvalue weighted by Gasteiger charge is -2.02. The van der Waals surface area contributed by atoms with Crippen LogP contribution in [0.25, 0.3) is 0 Å². The fourth-order valence-electron chi connectivity index (χ4n) is 0.920. The molecular weight excluding hydrogens is 154 g/mol. The van der Waals surface area contributed by atoms with Crippen molar-refractivity contribution >= 4 is 5.82 Å². The molecule has 0 unspecified atom stereocenters. The molecule has 0 aliphatic heterocycles. The van der Waals surface area contributed by atoms with Crippen molar-refractivity contribution in [2.45, 2.75) is 12.8 Å². The molecule has 0 aromatic carbocycles. The van der Waals surface area contributed by atoms with Crippen LogP contribution in [-0.2, 0) is 0 Å². The van der Waals surface area contributed by atoms with Crippen LogP contribution in [0.1, 0.15) is 12.8 Å². The van der Waals surface area contributed by atoms with Gasteiger partial charge in [-0.2, -0.15) is 0 Å². The third-order valence-corrected chi connectivity index (χ3v) is 1.83. The van der Waals surface area contributed by atoms with E-state index in [9.17, 15) is 0 Å². The maximum absolute atomic E-state index is 5.45. The van der Waals surface area contributed by atoms with Gasteiger partial charge in [0.15, 0.2) is 0 Å². The number of aromatic nitrogens is 2. The van der Waals surface area contributed by atoms with Crippen LogP contribution in [0.4, 0.5) is 5.82 Å². The second-order valence-electron chi connectivity index (χ2n) is 3.04. The highest BCUT2D eigenvalue weighted by Gasteiger charge is 2.22. The molecule has 2 N–H and O–H groups in total.